The molecular formula is C21H15FN4O4. The van der Waals surface area contributed by atoms with Gasteiger partial charge in [0.1, 0.15) is 17.9 Å². The maximum Gasteiger partial charge on any atom is 0.335 e. The summed E-state index contributed by atoms with van der Waals surface area (Å²) in [6, 6.07) is 11.0. The second-order valence-electron chi connectivity index (χ2n) is 6.63. The first-order valence-corrected chi connectivity index (χ1v) is 8.88. The van der Waals surface area contributed by atoms with E-state index in [9.17, 15) is 23.6 Å². The highest BCUT2D eigenvalue weighted by Gasteiger charge is 2.37. The number of hydrogen-bond acceptors (Lipinski definition) is 4. The van der Waals surface area contributed by atoms with Gasteiger partial charge in [-0.15, -0.1) is 0 Å². The summed E-state index contributed by atoms with van der Waals surface area (Å²) in [6.45, 7) is -0.0856. The Bertz CT molecular complexity index is 1260. The summed E-state index contributed by atoms with van der Waals surface area (Å²) in [5.41, 5.74) is 6.15. The number of carbonyl (C=O) groups is 4. The molecule has 2 heterocycles. The number of barbiturate groups is 1. The second kappa shape index (κ2) is 7.28. The Morgan fingerprint density at radius 2 is 1.87 bits per heavy atom. The molecule has 0 spiro atoms. The van der Waals surface area contributed by atoms with E-state index in [-0.39, 0.29) is 17.8 Å². The molecule has 0 radical (unpaired) electrons. The van der Waals surface area contributed by atoms with Crippen LogP contribution in [-0.4, -0.2) is 28.3 Å². The van der Waals surface area contributed by atoms with Gasteiger partial charge in [0.2, 0.25) is 5.91 Å². The molecule has 8 nitrogen and oxygen atoms in total. The van der Waals surface area contributed by atoms with Crippen molar-refractivity contribution < 1.29 is 23.6 Å². The van der Waals surface area contributed by atoms with E-state index < -0.39 is 29.6 Å². The fourth-order valence-electron chi connectivity index (χ4n) is 3.35. The highest BCUT2D eigenvalue weighted by molar-refractivity contribution is 6.39. The van der Waals surface area contributed by atoms with Gasteiger partial charge in [0.25, 0.3) is 11.8 Å². The molecule has 1 aliphatic heterocycles. The van der Waals surface area contributed by atoms with Gasteiger partial charge in [-0.2, -0.15) is 0 Å². The molecule has 1 saturated heterocycles. The van der Waals surface area contributed by atoms with Crippen molar-refractivity contribution in [3.63, 3.8) is 0 Å². The second-order valence-corrected chi connectivity index (χ2v) is 6.63. The number of amides is 5. The summed E-state index contributed by atoms with van der Waals surface area (Å²) < 4.78 is 15.2. The van der Waals surface area contributed by atoms with Crippen LogP contribution in [0.5, 0.6) is 0 Å². The summed E-state index contributed by atoms with van der Waals surface area (Å²) in [7, 11) is 0. The lowest BCUT2D eigenvalue weighted by Gasteiger charge is -2.26. The third-order valence-corrected chi connectivity index (χ3v) is 4.61. The van der Waals surface area contributed by atoms with Crippen LogP contribution in [0.3, 0.4) is 0 Å². The van der Waals surface area contributed by atoms with Crippen LogP contribution >= 0.6 is 0 Å². The summed E-state index contributed by atoms with van der Waals surface area (Å²) >= 11 is 0. The molecule has 30 heavy (non-hydrogen) atoms. The van der Waals surface area contributed by atoms with E-state index in [0.717, 1.165) is 6.07 Å². The molecule has 5 amide bonds. The number of nitrogens with two attached hydrogens (primary N) is 1. The van der Waals surface area contributed by atoms with Crippen LogP contribution in [0.25, 0.3) is 17.0 Å². The molecule has 9 heteroatoms. The zero-order valence-corrected chi connectivity index (χ0v) is 15.5. The monoisotopic (exact) mass is 406 g/mol. The zero-order valence-electron chi connectivity index (χ0n) is 15.5. The van der Waals surface area contributed by atoms with Crippen LogP contribution in [0, 0.1) is 5.82 Å². The molecule has 3 aromatic rings. The van der Waals surface area contributed by atoms with Gasteiger partial charge >= 0.3 is 6.03 Å². The molecule has 2 aromatic carbocycles. The molecule has 1 aromatic heterocycles. The Kier molecular flexibility index (Phi) is 4.63. The van der Waals surface area contributed by atoms with Crippen molar-refractivity contribution in [3.8, 4) is 0 Å². The number of nitrogens with zero attached hydrogens (tertiary/aromatic N) is 2. The molecule has 1 fully saturated rings. The van der Waals surface area contributed by atoms with Gasteiger partial charge in [0.05, 0.1) is 5.69 Å². The molecule has 0 atom stereocenters. The highest BCUT2D eigenvalue weighted by atomic mass is 19.1. The Morgan fingerprint density at radius 1 is 1.10 bits per heavy atom. The first kappa shape index (κ1) is 19.1. The predicted octanol–water partition coefficient (Wildman–Crippen LogP) is 1.93. The average Bonchev–Trinajstić information content (AvgIpc) is 3.02. The van der Waals surface area contributed by atoms with Crippen molar-refractivity contribution in [3.05, 3.63) is 71.7 Å². The number of para-hydroxylation sites is 1. The number of carbonyl (C=O) groups excluding carboxylic acids is 4. The molecule has 0 bridgehead atoms. The molecule has 150 valence electrons. The normalized spacial score (nSPS) is 15.7. The van der Waals surface area contributed by atoms with Crippen molar-refractivity contribution in [2.75, 3.05) is 4.90 Å². The lowest BCUT2D eigenvalue weighted by Crippen LogP contribution is -2.54. The predicted molar refractivity (Wildman–Crippen MR) is 107 cm³/mol. The quantitative estimate of drug-likeness (QED) is 0.509. The zero-order chi connectivity index (χ0) is 21.4. The Hall–Kier alpha value is -4.27. The number of anilines is 1. The van der Waals surface area contributed by atoms with Crippen molar-refractivity contribution in [2.45, 2.75) is 6.54 Å². The molecular weight excluding hydrogens is 391 g/mol. The van der Waals surface area contributed by atoms with E-state index in [0.29, 0.717) is 21.4 Å². The lowest BCUT2D eigenvalue weighted by atomic mass is 10.1. The van der Waals surface area contributed by atoms with E-state index in [4.69, 9.17) is 5.73 Å². The molecule has 1 aliphatic rings. The smallest absolute Gasteiger partial charge is 0.335 e. The van der Waals surface area contributed by atoms with E-state index in [1.54, 1.807) is 35.0 Å². The number of benzene rings is 2. The number of rotatable bonds is 4. The number of hydrogen-bond donors (Lipinski definition) is 2. The van der Waals surface area contributed by atoms with E-state index in [1.807, 2.05) is 0 Å². The van der Waals surface area contributed by atoms with Gasteiger partial charge < -0.3 is 10.3 Å². The van der Waals surface area contributed by atoms with Crippen molar-refractivity contribution in [2.24, 2.45) is 5.73 Å². The van der Waals surface area contributed by atoms with E-state index >= 15 is 0 Å². The van der Waals surface area contributed by atoms with Crippen LogP contribution in [0.2, 0.25) is 0 Å². The average molecular weight is 406 g/mol. The number of aromatic nitrogens is 1. The summed E-state index contributed by atoms with van der Waals surface area (Å²) in [5, 5.41) is 2.77. The van der Waals surface area contributed by atoms with Gasteiger partial charge in [-0.3, -0.25) is 19.7 Å². The Labute approximate surface area is 169 Å². The first-order valence-electron chi connectivity index (χ1n) is 8.88. The fraction of sp³-hybridized carbons (Fsp3) is 0.0476. The van der Waals surface area contributed by atoms with Gasteiger partial charge in [-0.05, 0) is 30.3 Å². The minimum absolute atomic E-state index is 0.00735. The van der Waals surface area contributed by atoms with Crippen LogP contribution in [0.15, 0.2) is 60.3 Å². The Morgan fingerprint density at radius 3 is 2.60 bits per heavy atom. The summed E-state index contributed by atoms with van der Waals surface area (Å²) in [5.74, 6) is -2.94. The molecule has 0 unspecified atom stereocenters. The molecule has 4 rings (SSSR count). The van der Waals surface area contributed by atoms with Crippen LogP contribution < -0.4 is 16.0 Å². The maximum atomic E-state index is 13.6. The van der Waals surface area contributed by atoms with Gasteiger partial charge in [-0.25, -0.2) is 14.1 Å². The summed E-state index contributed by atoms with van der Waals surface area (Å²) in [4.78, 5) is 49.6. The van der Waals surface area contributed by atoms with Crippen molar-refractivity contribution >= 4 is 46.4 Å². The number of halogens is 1. The number of fused-ring (bicyclic) bond motifs is 1. The van der Waals surface area contributed by atoms with Crippen molar-refractivity contribution in [1.82, 2.24) is 9.88 Å². The maximum absolute atomic E-state index is 13.6. The highest BCUT2D eigenvalue weighted by Crippen LogP contribution is 2.26. The Balaban J connectivity index is 1.81. The third kappa shape index (κ3) is 3.32. The molecule has 0 saturated carbocycles. The number of imide groups is 2. The van der Waals surface area contributed by atoms with Crippen molar-refractivity contribution in [1.29, 1.82) is 0 Å². The number of urea groups is 1. The standard InChI is InChI=1S/C21H15FN4O4/c22-13-4-3-5-14(9-13)26-20(29)16(19(28)24-21(26)30)8-12-10-25(11-18(23)27)17-7-2-1-6-15(12)17/h1-10H,11H2,(H2,23,27)(H,24,28,30)/b16-8+. The minimum atomic E-state index is -0.969. The van der Waals surface area contributed by atoms with E-state index in [1.165, 1.54) is 24.3 Å². The van der Waals surface area contributed by atoms with Gasteiger partial charge in [0, 0.05) is 22.7 Å². The molecule has 0 aliphatic carbocycles. The number of nitrogens with one attached hydrogen (secondary N) is 1. The van der Waals surface area contributed by atoms with Gasteiger partial charge in [0.15, 0.2) is 0 Å². The fourth-order valence-corrected chi connectivity index (χ4v) is 3.35. The largest absolute Gasteiger partial charge is 0.368 e. The van der Waals surface area contributed by atoms with Crippen LogP contribution in [0.1, 0.15) is 5.56 Å². The minimum Gasteiger partial charge on any atom is -0.368 e. The SMILES string of the molecule is NC(=O)Cn1cc(/C=C2\C(=O)NC(=O)N(c3cccc(F)c3)C2=O)c2ccccc21. The van der Waals surface area contributed by atoms with Crippen LogP contribution in [-0.2, 0) is 20.9 Å². The lowest BCUT2D eigenvalue weighted by molar-refractivity contribution is -0.122. The summed E-state index contributed by atoms with van der Waals surface area (Å²) in [6.07, 6.45) is 2.92. The number of primary amides is 1. The van der Waals surface area contributed by atoms with Gasteiger partial charge in [-0.1, -0.05) is 24.3 Å². The van der Waals surface area contributed by atoms with Crippen LogP contribution in [0.4, 0.5) is 14.9 Å². The third-order valence-electron chi connectivity index (χ3n) is 4.61. The van der Waals surface area contributed by atoms with E-state index in [2.05, 4.69) is 5.32 Å². The first-order chi connectivity index (χ1) is 14.3. The topological polar surface area (TPSA) is 114 Å². The molecule has 3 N–H and O–H groups in total.